The molecule has 0 bridgehead atoms. The van der Waals surface area contributed by atoms with Crippen LogP contribution in [0.15, 0.2) is 128 Å². The minimum Gasteiger partial charge on any atom is -0.491 e. The molecular weight excluding hydrogens is 480 g/mol. The molecule has 5 nitrogen and oxygen atoms in total. The molecule has 0 saturated heterocycles. The third-order valence-electron chi connectivity index (χ3n) is 6.52. The summed E-state index contributed by atoms with van der Waals surface area (Å²) in [5, 5.41) is 9.32. The Morgan fingerprint density at radius 3 is 1.64 bits per heavy atom. The fourth-order valence-corrected chi connectivity index (χ4v) is 4.64. The van der Waals surface area contributed by atoms with Gasteiger partial charge in [0.15, 0.2) is 11.6 Å². The van der Waals surface area contributed by atoms with Crippen molar-refractivity contribution in [2.24, 2.45) is 0 Å². The van der Waals surface area contributed by atoms with Crippen molar-refractivity contribution >= 4 is 0 Å². The lowest BCUT2D eigenvalue weighted by atomic mass is 10.0. The van der Waals surface area contributed by atoms with Crippen molar-refractivity contribution in [3.63, 3.8) is 0 Å². The van der Waals surface area contributed by atoms with Gasteiger partial charge in [-0.25, -0.2) is 0 Å². The SMILES string of the molecule is CC(C)Oc1ccc(-c2nnc(-c3ccc(-c4ccccc4)cc3)n2-c2ccc(-c3cccnc3)cc2)cc1. The van der Waals surface area contributed by atoms with Crippen molar-refractivity contribution in [1.82, 2.24) is 19.7 Å². The van der Waals surface area contributed by atoms with Gasteiger partial charge in [-0.1, -0.05) is 72.8 Å². The van der Waals surface area contributed by atoms with Gasteiger partial charge in [-0.3, -0.25) is 9.55 Å². The molecule has 0 aliphatic heterocycles. The van der Waals surface area contributed by atoms with Gasteiger partial charge in [0.2, 0.25) is 0 Å². The van der Waals surface area contributed by atoms with E-state index < -0.39 is 0 Å². The Morgan fingerprint density at radius 1 is 0.538 bits per heavy atom. The van der Waals surface area contributed by atoms with Gasteiger partial charge in [-0.2, -0.15) is 0 Å². The van der Waals surface area contributed by atoms with Crippen LogP contribution in [0.4, 0.5) is 0 Å². The van der Waals surface area contributed by atoms with Crippen LogP contribution in [0.1, 0.15) is 13.8 Å². The van der Waals surface area contributed by atoms with Gasteiger partial charge in [0.25, 0.3) is 0 Å². The van der Waals surface area contributed by atoms with Gasteiger partial charge in [0.1, 0.15) is 5.75 Å². The van der Waals surface area contributed by atoms with Gasteiger partial charge in [0, 0.05) is 29.2 Å². The molecule has 5 heteroatoms. The van der Waals surface area contributed by atoms with Crippen molar-refractivity contribution < 1.29 is 4.74 Å². The quantitative estimate of drug-likeness (QED) is 0.218. The van der Waals surface area contributed by atoms with Crippen LogP contribution >= 0.6 is 0 Å². The monoisotopic (exact) mass is 508 g/mol. The molecule has 0 saturated carbocycles. The van der Waals surface area contributed by atoms with Gasteiger partial charge in [0.05, 0.1) is 6.10 Å². The molecule has 0 amide bonds. The number of benzene rings is 4. The minimum atomic E-state index is 0.114. The fourth-order valence-electron chi connectivity index (χ4n) is 4.64. The Morgan fingerprint density at radius 2 is 1.05 bits per heavy atom. The predicted molar refractivity (Wildman–Crippen MR) is 157 cm³/mol. The molecule has 0 N–H and O–H groups in total. The zero-order chi connectivity index (χ0) is 26.6. The van der Waals surface area contributed by atoms with E-state index in [0.29, 0.717) is 0 Å². The summed E-state index contributed by atoms with van der Waals surface area (Å²) in [6.07, 6.45) is 3.77. The lowest BCUT2D eigenvalue weighted by Gasteiger charge is -2.13. The van der Waals surface area contributed by atoms with Gasteiger partial charge < -0.3 is 4.74 Å². The first-order valence-electron chi connectivity index (χ1n) is 13.0. The lowest BCUT2D eigenvalue weighted by Crippen LogP contribution is -2.05. The first-order chi connectivity index (χ1) is 19.2. The van der Waals surface area contributed by atoms with Crippen LogP contribution in [0.25, 0.3) is 50.7 Å². The third kappa shape index (κ3) is 5.20. The fraction of sp³-hybridized carbons (Fsp3) is 0.0882. The first-order valence-corrected chi connectivity index (χ1v) is 13.0. The van der Waals surface area contributed by atoms with Crippen LogP contribution in [0.3, 0.4) is 0 Å². The van der Waals surface area contributed by atoms with Crippen molar-refractivity contribution in [3.8, 4) is 56.5 Å². The average Bonchev–Trinajstić information content (AvgIpc) is 3.44. The molecule has 0 spiro atoms. The molecule has 6 aromatic rings. The Bertz CT molecular complexity index is 1660. The van der Waals surface area contributed by atoms with E-state index in [0.717, 1.165) is 50.9 Å². The van der Waals surface area contributed by atoms with Gasteiger partial charge in [-0.15, -0.1) is 10.2 Å². The Labute approximate surface area is 228 Å². The van der Waals surface area contributed by atoms with Crippen LogP contribution in [0.5, 0.6) is 5.75 Å². The van der Waals surface area contributed by atoms with E-state index in [4.69, 9.17) is 4.74 Å². The third-order valence-corrected chi connectivity index (χ3v) is 6.52. The standard InChI is InChI=1S/C34H28N4O/c1-24(2)39-32-20-16-29(17-21-32)34-37-36-33(28-12-10-26(11-13-28)25-7-4-3-5-8-25)38(34)31-18-14-27(15-19-31)30-9-6-22-35-23-30/h3-24H,1-2H3. The highest BCUT2D eigenvalue weighted by Crippen LogP contribution is 2.32. The van der Waals surface area contributed by atoms with Crippen LogP contribution in [-0.4, -0.2) is 25.9 Å². The molecule has 6 rings (SSSR count). The Hall–Kier alpha value is -5.03. The Kier molecular flexibility index (Phi) is 6.71. The Balaban J connectivity index is 1.42. The molecule has 190 valence electrons. The summed E-state index contributed by atoms with van der Waals surface area (Å²) in [5.74, 6) is 2.38. The number of hydrogen-bond donors (Lipinski definition) is 0. The number of nitrogens with zero attached hydrogens (tertiary/aromatic N) is 4. The molecule has 0 aliphatic carbocycles. The zero-order valence-electron chi connectivity index (χ0n) is 21.9. The number of pyridine rings is 1. The summed E-state index contributed by atoms with van der Waals surface area (Å²) < 4.78 is 7.96. The highest BCUT2D eigenvalue weighted by molar-refractivity contribution is 5.72. The maximum atomic E-state index is 5.85. The molecule has 2 heterocycles. The summed E-state index contributed by atoms with van der Waals surface area (Å²) in [7, 11) is 0. The lowest BCUT2D eigenvalue weighted by molar-refractivity contribution is 0.242. The van der Waals surface area contributed by atoms with Crippen molar-refractivity contribution in [1.29, 1.82) is 0 Å². The highest BCUT2D eigenvalue weighted by Gasteiger charge is 2.18. The summed E-state index contributed by atoms with van der Waals surface area (Å²) in [5.41, 5.74) is 7.45. The van der Waals surface area contributed by atoms with Crippen molar-refractivity contribution in [2.45, 2.75) is 20.0 Å². The topological polar surface area (TPSA) is 52.8 Å². The number of hydrogen-bond acceptors (Lipinski definition) is 4. The van der Waals surface area contributed by atoms with E-state index in [1.165, 1.54) is 5.56 Å². The largest absolute Gasteiger partial charge is 0.491 e. The van der Waals surface area contributed by atoms with Crippen LogP contribution in [0, 0.1) is 0 Å². The van der Waals surface area contributed by atoms with E-state index >= 15 is 0 Å². The second kappa shape index (κ2) is 10.8. The maximum Gasteiger partial charge on any atom is 0.168 e. The van der Waals surface area contributed by atoms with Gasteiger partial charge in [-0.05, 0) is 78.6 Å². The van der Waals surface area contributed by atoms with Gasteiger partial charge >= 0.3 is 0 Å². The van der Waals surface area contributed by atoms with Crippen LogP contribution < -0.4 is 4.74 Å². The summed E-state index contributed by atoms with van der Waals surface area (Å²) >= 11 is 0. The second-order valence-corrected chi connectivity index (χ2v) is 9.61. The molecule has 0 atom stereocenters. The first kappa shape index (κ1) is 24.3. The molecular formula is C34H28N4O. The predicted octanol–water partition coefficient (Wildman–Crippen LogP) is 8.12. The van der Waals surface area contributed by atoms with Crippen molar-refractivity contribution in [3.05, 3.63) is 128 Å². The zero-order valence-corrected chi connectivity index (χ0v) is 21.9. The number of ether oxygens (including phenoxy) is 1. The highest BCUT2D eigenvalue weighted by atomic mass is 16.5. The minimum absolute atomic E-state index is 0.114. The molecule has 0 radical (unpaired) electrons. The van der Waals surface area contributed by atoms with Crippen LogP contribution in [-0.2, 0) is 0 Å². The second-order valence-electron chi connectivity index (χ2n) is 9.61. The molecule has 2 aromatic heterocycles. The average molecular weight is 509 g/mol. The molecule has 4 aromatic carbocycles. The maximum absolute atomic E-state index is 5.85. The van der Waals surface area contributed by atoms with E-state index in [1.807, 2.05) is 56.4 Å². The summed E-state index contributed by atoms with van der Waals surface area (Å²) in [6, 6.07) is 39.3. The molecule has 39 heavy (non-hydrogen) atoms. The molecule has 0 fully saturated rings. The van der Waals surface area contributed by atoms with E-state index in [9.17, 15) is 0 Å². The van der Waals surface area contributed by atoms with E-state index in [-0.39, 0.29) is 6.10 Å². The van der Waals surface area contributed by atoms with E-state index in [1.54, 1.807) is 6.20 Å². The molecule has 0 aliphatic rings. The normalized spacial score (nSPS) is 11.1. The summed E-state index contributed by atoms with van der Waals surface area (Å²) in [6.45, 7) is 4.05. The number of rotatable bonds is 7. The van der Waals surface area contributed by atoms with E-state index in [2.05, 4.69) is 98.6 Å². The van der Waals surface area contributed by atoms with Crippen LogP contribution in [0.2, 0.25) is 0 Å². The van der Waals surface area contributed by atoms with Crippen molar-refractivity contribution in [2.75, 3.05) is 0 Å². The summed E-state index contributed by atoms with van der Waals surface area (Å²) in [4.78, 5) is 4.26. The smallest absolute Gasteiger partial charge is 0.168 e. The molecule has 0 unspecified atom stereocenters. The number of aromatic nitrogens is 4.